The molecule has 3 aromatic rings. The molecule has 0 fully saturated rings. The van der Waals surface area contributed by atoms with E-state index in [-0.39, 0.29) is 10.8 Å². The number of hydrogen-bond donors (Lipinski definition) is 1. The smallest absolute Gasteiger partial charge is 0.307 e. The second kappa shape index (κ2) is 7.51. The minimum atomic E-state index is -0.624. The number of benzene rings is 2. The first-order valence-electron chi connectivity index (χ1n) is 8.22. The second-order valence-electron chi connectivity index (χ2n) is 6.02. The van der Waals surface area contributed by atoms with Crippen LogP contribution < -0.4 is 14.9 Å². The zero-order valence-electron chi connectivity index (χ0n) is 14.7. The van der Waals surface area contributed by atoms with Gasteiger partial charge in [-0.05, 0) is 55.3 Å². The molecule has 136 valence electrons. The van der Waals surface area contributed by atoms with Crippen LogP contribution in [0.1, 0.15) is 18.9 Å². The lowest BCUT2D eigenvalue weighted by molar-refractivity contribution is -0.122. The third-order valence-electron chi connectivity index (χ3n) is 4.13. The summed E-state index contributed by atoms with van der Waals surface area (Å²) in [5.41, 5.74) is 2.38. The van der Waals surface area contributed by atoms with Crippen LogP contribution in [0.25, 0.3) is 10.2 Å². The number of thiazole rings is 1. The first kappa shape index (κ1) is 18.5. The van der Waals surface area contributed by atoms with Crippen LogP contribution in [0, 0.1) is 6.92 Å². The Kier molecular flexibility index (Phi) is 5.34. The van der Waals surface area contributed by atoms with E-state index in [0.29, 0.717) is 22.9 Å². The molecular weight excluding hydrogens is 372 g/mol. The van der Waals surface area contributed by atoms with Crippen molar-refractivity contribution >= 4 is 44.7 Å². The molecule has 0 aliphatic carbocycles. The van der Waals surface area contributed by atoms with Gasteiger partial charge in [-0.25, -0.2) is 0 Å². The summed E-state index contributed by atoms with van der Waals surface area (Å²) < 4.78 is 8.24. The van der Waals surface area contributed by atoms with Gasteiger partial charge in [-0.3, -0.25) is 9.59 Å². The normalized spacial score (nSPS) is 12.2. The number of rotatable bonds is 5. The Morgan fingerprint density at radius 3 is 2.77 bits per heavy atom. The fourth-order valence-corrected chi connectivity index (χ4v) is 3.65. The molecule has 1 amide bonds. The van der Waals surface area contributed by atoms with Gasteiger partial charge in [-0.1, -0.05) is 29.9 Å². The van der Waals surface area contributed by atoms with E-state index in [0.717, 1.165) is 27.1 Å². The predicted octanol–water partition coefficient (Wildman–Crippen LogP) is 4.36. The molecule has 0 bridgehead atoms. The van der Waals surface area contributed by atoms with Crippen molar-refractivity contribution in [3.63, 3.8) is 0 Å². The van der Waals surface area contributed by atoms with Gasteiger partial charge in [-0.2, -0.15) is 0 Å². The molecule has 0 spiro atoms. The summed E-state index contributed by atoms with van der Waals surface area (Å²) in [6.07, 6.45) is -0.102. The summed E-state index contributed by atoms with van der Waals surface area (Å²) in [5.74, 6) is 0.369. The number of amides is 1. The molecule has 1 N–H and O–H groups in total. The Balaban J connectivity index is 1.76. The zero-order chi connectivity index (χ0) is 18.8. The third kappa shape index (κ3) is 3.76. The second-order valence-corrected chi connectivity index (χ2v) is 7.42. The number of carbonyl (C=O) groups excluding carboxylic acids is 1. The summed E-state index contributed by atoms with van der Waals surface area (Å²) >= 11 is 7.18. The van der Waals surface area contributed by atoms with Gasteiger partial charge in [0.1, 0.15) is 5.75 Å². The maximum atomic E-state index is 12.6. The van der Waals surface area contributed by atoms with Crippen LogP contribution in [0.15, 0.2) is 41.2 Å². The SMILES string of the molecule is CC[C@H](Oc1ccc(Cl)c(C)c1)C(=O)Nc1ccc2c(c1)sc(=O)n2C. The zero-order valence-corrected chi connectivity index (χ0v) is 16.3. The lowest BCUT2D eigenvalue weighted by atomic mass is 10.2. The van der Waals surface area contributed by atoms with Crippen LogP contribution in [0.4, 0.5) is 5.69 Å². The van der Waals surface area contributed by atoms with Crippen LogP contribution in [-0.4, -0.2) is 16.6 Å². The number of hydrogen-bond acceptors (Lipinski definition) is 4. The molecule has 26 heavy (non-hydrogen) atoms. The average molecular weight is 391 g/mol. The largest absolute Gasteiger partial charge is 0.481 e. The molecule has 3 rings (SSSR count). The fraction of sp³-hybridized carbons (Fsp3) is 0.263. The number of ether oxygens (including phenoxy) is 1. The number of carbonyl (C=O) groups is 1. The number of nitrogens with zero attached hydrogens (tertiary/aromatic N) is 1. The van der Waals surface area contributed by atoms with Crippen LogP contribution >= 0.6 is 22.9 Å². The molecule has 1 atom stereocenters. The number of anilines is 1. The van der Waals surface area contributed by atoms with Crippen molar-refractivity contribution in [3.8, 4) is 5.75 Å². The number of nitrogens with one attached hydrogen (secondary N) is 1. The van der Waals surface area contributed by atoms with Crippen molar-refractivity contribution in [1.82, 2.24) is 4.57 Å². The maximum Gasteiger partial charge on any atom is 0.307 e. The van der Waals surface area contributed by atoms with E-state index in [1.165, 1.54) is 0 Å². The Morgan fingerprint density at radius 2 is 2.08 bits per heavy atom. The molecule has 5 nitrogen and oxygen atoms in total. The number of aromatic nitrogens is 1. The highest BCUT2D eigenvalue weighted by molar-refractivity contribution is 7.16. The molecular formula is C19H19ClN2O3S. The molecule has 0 aliphatic heterocycles. The van der Waals surface area contributed by atoms with E-state index in [4.69, 9.17) is 16.3 Å². The van der Waals surface area contributed by atoms with Crippen LogP contribution in [0.3, 0.4) is 0 Å². The van der Waals surface area contributed by atoms with E-state index in [2.05, 4.69) is 5.32 Å². The lowest BCUT2D eigenvalue weighted by Gasteiger charge is -2.18. The lowest BCUT2D eigenvalue weighted by Crippen LogP contribution is -2.32. The van der Waals surface area contributed by atoms with Crippen molar-refractivity contribution in [2.75, 3.05) is 5.32 Å². The molecule has 0 saturated heterocycles. The summed E-state index contributed by atoms with van der Waals surface area (Å²) in [6.45, 7) is 3.77. The molecule has 0 radical (unpaired) electrons. The predicted molar refractivity (Wildman–Crippen MR) is 107 cm³/mol. The summed E-state index contributed by atoms with van der Waals surface area (Å²) in [7, 11) is 1.73. The Bertz CT molecular complexity index is 1030. The third-order valence-corrected chi connectivity index (χ3v) is 5.55. The summed E-state index contributed by atoms with van der Waals surface area (Å²) in [6, 6.07) is 10.7. The van der Waals surface area contributed by atoms with E-state index < -0.39 is 6.10 Å². The van der Waals surface area contributed by atoms with Crippen LogP contribution in [-0.2, 0) is 11.8 Å². The van der Waals surface area contributed by atoms with E-state index in [1.54, 1.807) is 35.9 Å². The van der Waals surface area contributed by atoms with Crippen molar-refractivity contribution in [2.24, 2.45) is 7.05 Å². The molecule has 1 heterocycles. The Labute approximate surface area is 160 Å². The standard InChI is InChI=1S/C19H19ClN2O3S/c1-4-16(25-13-6-7-14(20)11(2)9-13)18(23)21-12-5-8-15-17(10-12)26-19(24)22(15)3/h5-10,16H,4H2,1-3H3,(H,21,23)/t16-/m0/s1. The molecule has 0 unspecified atom stereocenters. The molecule has 2 aromatic carbocycles. The highest BCUT2D eigenvalue weighted by Gasteiger charge is 2.19. The van der Waals surface area contributed by atoms with Gasteiger partial charge < -0.3 is 14.6 Å². The van der Waals surface area contributed by atoms with Gasteiger partial charge in [0.05, 0.1) is 10.2 Å². The minimum Gasteiger partial charge on any atom is -0.481 e. The number of halogens is 1. The van der Waals surface area contributed by atoms with Crippen LogP contribution in [0.5, 0.6) is 5.75 Å². The van der Waals surface area contributed by atoms with E-state index in [1.807, 2.05) is 26.0 Å². The van der Waals surface area contributed by atoms with Gasteiger partial charge in [0.25, 0.3) is 5.91 Å². The first-order chi connectivity index (χ1) is 12.4. The Hall–Kier alpha value is -2.31. The highest BCUT2D eigenvalue weighted by Crippen LogP contribution is 2.24. The maximum absolute atomic E-state index is 12.6. The van der Waals surface area contributed by atoms with E-state index in [9.17, 15) is 9.59 Å². The quantitative estimate of drug-likeness (QED) is 0.704. The monoisotopic (exact) mass is 390 g/mol. The summed E-state index contributed by atoms with van der Waals surface area (Å²) in [5, 5.41) is 3.52. The first-order valence-corrected chi connectivity index (χ1v) is 9.41. The van der Waals surface area contributed by atoms with Crippen LogP contribution in [0.2, 0.25) is 5.02 Å². The van der Waals surface area contributed by atoms with Gasteiger partial charge in [0.2, 0.25) is 0 Å². The molecule has 0 aliphatic rings. The molecule has 1 aromatic heterocycles. The van der Waals surface area contributed by atoms with Gasteiger partial charge in [0.15, 0.2) is 6.10 Å². The highest BCUT2D eigenvalue weighted by atomic mass is 35.5. The molecule has 7 heteroatoms. The number of fused-ring (bicyclic) bond motifs is 1. The van der Waals surface area contributed by atoms with Gasteiger partial charge in [-0.15, -0.1) is 0 Å². The fourth-order valence-electron chi connectivity index (χ4n) is 2.61. The van der Waals surface area contributed by atoms with Gasteiger partial charge >= 0.3 is 4.87 Å². The van der Waals surface area contributed by atoms with E-state index >= 15 is 0 Å². The minimum absolute atomic E-state index is 0.0312. The molecule has 0 saturated carbocycles. The van der Waals surface area contributed by atoms with Crippen molar-refractivity contribution in [1.29, 1.82) is 0 Å². The average Bonchev–Trinajstić information content (AvgIpc) is 2.89. The summed E-state index contributed by atoms with van der Waals surface area (Å²) in [4.78, 5) is 24.3. The topological polar surface area (TPSA) is 60.3 Å². The van der Waals surface area contributed by atoms with Crippen molar-refractivity contribution in [2.45, 2.75) is 26.4 Å². The Morgan fingerprint density at radius 1 is 1.31 bits per heavy atom. The van der Waals surface area contributed by atoms with Crippen molar-refractivity contribution < 1.29 is 9.53 Å². The van der Waals surface area contributed by atoms with Gasteiger partial charge in [0, 0.05) is 17.8 Å². The van der Waals surface area contributed by atoms with Crippen molar-refractivity contribution in [3.05, 3.63) is 56.7 Å². The number of aryl methyl sites for hydroxylation is 2.